The van der Waals surface area contributed by atoms with Crippen LogP contribution in [0.1, 0.15) is 19.8 Å². The van der Waals surface area contributed by atoms with Crippen LogP contribution in [0.15, 0.2) is 28.9 Å². The molecule has 0 aliphatic heterocycles. The van der Waals surface area contributed by atoms with Crippen molar-refractivity contribution in [3.63, 3.8) is 0 Å². The predicted octanol–water partition coefficient (Wildman–Crippen LogP) is 3.13. The van der Waals surface area contributed by atoms with Crippen LogP contribution in [0, 0.1) is 0 Å². The fourth-order valence-electron chi connectivity index (χ4n) is 0.777. The van der Waals surface area contributed by atoms with Crippen molar-refractivity contribution in [2.75, 3.05) is 5.75 Å². The Hall–Kier alpha value is -0.390. The molecule has 0 saturated carbocycles. The van der Waals surface area contributed by atoms with Crippen LogP contribution in [-0.2, 0) is 0 Å². The van der Waals surface area contributed by atoms with E-state index in [1.807, 2.05) is 17.8 Å². The van der Waals surface area contributed by atoms with Gasteiger partial charge in [-0.25, -0.2) is 0 Å². The Balaban J connectivity index is 2.30. The van der Waals surface area contributed by atoms with Gasteiger partial charge in [0.25, 0.3) is 0 Å². The molecule has 0 atom stereocenters. The highest BCUT2D eigenvalue weighted by molar-refractivity contribution is 8.03. The van der Waals surface area contributed by atoms with Crippen molar-refractivity contribution in [1.82, 2.24) is 0 Å². The Kier molecular flexibility index (Phi) is 3.42. The number of hydrogen-bond acceptors (Lipinski definition) is 1. The molecule has 0 amide bonds. The maximum absolute atomic E-state index is 3.05. The minimum atomic E-state index is 1.08. The van der Waals surface area contributed by atoms with Crippen LogP contribution in [-0.4, -0.2) is 5.75 Å². The summed E-state index contributed by atoms with van der Waals surface area (Å²) in [6.07, 6.45) is 8.57. The van der Waals surface area contributed by atoms with Crippen LogP contribution in [0.25, 0.3) is 0 Å². The van der Waals surface area contributed by atoms with E-state index in [2.05, 4.69) is 24.8 Å². The molecule has 1 rings (SSSR count). The fraction of sp³-hybridized carbons (Fsp3) is 0.444. The lowest BCUT2D eigenvalue weighted by Gasteiger charge is -2.02. The summed E-state index contributed by atoms with van der Waals surface area (Å²) in [5.74, 6) is 1.24. The van der Waals surface area contributed by atoms with Gasteiger partial charge in [0.15, 0.2) is 0 Å². The monoisotopic (exact) mass is 152 g/mol. The molecular weight excluding hydrogens is 140 g/mol. The zero-order chi connectivity index (χ0) is 7.23. The Morgan fingerprint density at radius 1 is 1.70 bits per heavy atom. The van der Waals surface area contributed by atoms with Crippen LogP contribution >= 0.6 is 11.8 Å². The van der Waals surface area contributed by atoms with Crippen LogP contribution in [0.3, 0.4) is 0 Å². The Labute approximate surface area is 66.7 Å². The van der Waals surface area contributed by atoms with Crippen molar-refractivity contribution in [2.24, 2.45) is 0 Å². The average Bonchev–Trinajstić information content (AvgIpc) is 2.03. The topological polar surface area (TPSA) is 0 Å². The van der Waals surface area contributed by atoms with Crippen LogP contribution < -0.4 is 0 Å². The Bertz CT molecular complexity index is 183. The molecule has 0 radical (unpaired) electrons. The number of thioether (sulfide) groups is 1. The molecule has 0 heterocycles. The molecule has 1 heteroatoms. The van der Waals surface area contributed by atoms with Crippen molar-refractivity contribution in [3.05, 3.63) is 28.9 Å². The molecule has 0 unspecified atom stereocenters. The van der Waals surface area contributed by atoms with E-state index in [0.29, 0.717) is 0 Å². The van der Waals surface area contributed by atoms with Gasteiger partial charge in [-0.3, -0.25) is 0 Å². The second-order valence-electron chi connectivity index (χ2n) is 2.22. The van der Waals surface area contributed by atoms with Gasteiger partial charge in [0.05, 0.1) is 0 Å². The van der Waals surface area contributed by atoms with E-state index in [1.54, 1.807) is 0 Å². The van der Waals surface area contributed by atoms with Gasteiger partial charge in [-0.1, -0.05) is 6.92 Å². The SMILES string of the molecule is CCCSC1=CC=C=CC1. The average molecular weight is 152 g/mol. The minimum Gasteiger partial charge on any atom is -0.130 e. The van der Waals surface area contributed by atoms with E-state index >= 15 is 0 Å². The quantitative estimate of drug-likeness (QED) is 0.560. The van der Waals surface area contributed by atoms with E-state index in [1.165, 1.54) is 17.1 Å². The highest BCUT2D eigenvalue weighted by Gasteiger charge is 1.94. The maximum atomic E-state index is 3.05. The van der Waals surface area contributed by atoms with Crippen LogP contribution in [0.2, 0.25) is 0 Å². The van der Waals surface area contributed by atoms with E-state index in [-0.39, 0.29) is 0 Å². The van der Waals surface area contributed by atoms with Crippen molar-refractivity contribution < 1.29 is 0 Å². The molecule has 54 valence electrons. The zero-order valence-corrected chi connectivity index (χ0v) is 7.08. The number of allylic oxidation sites excluding steroid dienone is 3. The van der Waals surface area contributed by atoms with Crippen molar-refractivity contribution in [2.45, 2.75) is 19.8 Å². The van der Waals surface area contributed by atoms with Gasteiger partial charge in [-0.2, -0.15) is 0 Å². The first kappa shape index (κ1) is 7.71. The molecule has 1 aliphatic carbocycles. The van der Waals surface area contributed by atoms with Gasteiger partial charge in [-0.05, 0) is 35.3 Å². The van der Waals surface area contributed by atoms with E-state index in [9.17, 15) is 0 Å². The van der Waals surface area contributed by atoms with Gasteiger partial charge < -0.3 is 0 Å². The molecule has 0 spiro atoms. The molecule has 1 aliphatic rings. The molecular formula is C9H12S. The predicted molar refractivity (Wildman–Crippen MR) is 48.1 cm³/mol. The standard InChI is InChI=1S/C9H12S/c1-2-8-10-9-6-4-3-5-7-9/h4-6H,2,7-8H2,1H3. The number of hydrogen-bond donors (Lipinski definition) is 0. The Morgan fingerprint density at radius 2 is 2.60 bits per heavy atom. The summed E-state index contributed by atoms with van der Waals surface area (Å²) >= 11 is 1.96. The third kappa shape index (κ3) is 2.47. The summed E-state index contributed by atoms with van der Waals surface area (Å²) in [5, 5.41) is 0. The molecule has 0 nitrogen and oxygen atoms in total. The summed E-state index contributed by atoms with van der Waals surface area (Å²) in [5.41, 5.74) is 3.05. The number of rotatable bonds is 3. The normalized spacial score (nSPS) is 15.5. The molecule has 0 aromatic rings. The largest absolute Gasteiger partial charge is 0.130 e. The molecule has 10 heavy (non-hydrogen) atoms. The van der Waals surface area contributed by atoms with Gasteiger partial charge in [0, 0.05) is 6.42 Å². The second kappa shape index (κ2) is 4.43. The third-order valence-corrected chi connectivity index (χ3v) is 2.56. The summed E-state index contributed by atoms with van der Waals surface area (Å²) in [6.45, 7) is 2.21. The fourth-order valence-corrected chi connectivity index (χ4v) is 1.61. The summed E-state index contributed by atoms with van der Waals surface area (Å²) in [7, 11) is 0. The highest BCUT2D eigenvalue weighted by Crippen LogP contribution is 2.21. The minimum absolute atomic E-state index is 1.08. The molecule has 0 aromatic carbocycles. The molecule has 0 fully saturated rings. The molecule has 0 bridgehead atoms. The van der Waals surface area contributed by atoms with Crippen LogP contribution in [0.5, 0.6) is 0 Å². The van der Waals surface area contributed by atoms with E-state index in [4.69, 9.17) is 0 Å². The van der Waals surface area contributed by atoms with Gasteiger partial charge >= 0.3 is 0 Å². The first-order valence-corrected chi connectivity index (χ1v) is 4.65. The summed E-state index contributed by atoms with van der Waals surface area (Å²) in [6, 6.07) is 0. The van der Waals surface area contributed by atoms with E-state index in [0.717, 1.165) is 6.42 Å². The smallest absolute Gasteiger partial charge is 0.00391 e. The lowest BCUT2D eigenvalue weighted by Crippen LogP contribution is -1.80. The van der Waals surface area contributed by atoms with Crippen molar-refractivity contribution >= 4 is 11.8 Å². The molecule has 0 aromatic heterocycles. The van der Waals surface area contributed by atoms with Gasteiger partial charge in [0.2, 0.25) is 0 Å². The lowest BCUT2D eigenvalue weighted by molar-refractivity contribution is 1.11. The van der Waals surface area contributed by atoms with Crippen molar-refractivity contribution in [3.8, 4) is 0 Å². The second-order valence-corrected chi connectivity index (χ2v) is 3.44. The van der Waals surface area contributed by atoms with Gasteiger partial charge in [-0.15, -0.1) is 17.5 Å². The molecule has 0 saturated heterocycles. The Morgan fingerprint density at radius 3 is 3.20 bits per heavy atom. The summed E-state index contributed by atoms with van der Waals surface area (Å²) < 4.78 is 0. The van der Waals surface area contributed by atoms with Gasteiger partial charge in [0.1, 0.15) is 0 Å². The van der Waals surface area contributed by atoms with Crippen molar-refractivity contribution in [1.29, 1.82) is 0 Å². The zero-order valence-electron chi connectivity index (χ0n) is 6.26. The first-order valence-electron chi connectivity index (χ1n) is 3.66. The highest BCUT2D eigenvalue weighted by atomic mass is 32.2. The first-order chi connectivity index (χ1) is 4.93. The van der Waals surface area contributed by atoms with Crippen LogP contribution in [0.4, 0.5) is 0 Å². The maximum Gasteiger partial charge on any atom is 0.00391 e. The third-order valence-electron chi connectivity index (χ3n) is 1.28. The van der Waals surface area contributed by atoms with E-state index < -0.39 is 0 Å². The lowest BCUT2D eigenvalue weighted by atomic mass is 10.3. The summed E-state index contributed by atoms with van der Waals surface area (Å²) in [4.78, 5) is 1.47. The molecule has 0 N–H and O–H groups in total.